The molecule has 2 unspecified atom stereocenters. The molecule has 0 radical (unpaired) electrons. The highest BCUT2D eigenvalue weighted by Crippen LogP contribution is 2.29. The number of aliphatic hydroxyl groups excluding tert-OH is 1. The number of hydrogen-bond acceptors (Lipinski definition) is 6. The van der Waals surface area contributed by atoms with E-state index in [-0.39, 0.29) is 11.5 Å². The summed E-state index contributed by atoms with van der Waals surface area (Å²) < 4.78 is 12.4. The molecule has 0 aliphatic heterocycles. The van der Waals surface area contributed by atoms with Gasteiger partial charge in [0, 0.05) is 12.3 Å². The summed E-state index contributed by atoms with van der Waals surface area (Å²) in [6.07, 6.45) is 2.89. The predicted octanol–water partition coefficient (Wildman–Crippen LogP) is 4.08. The van der Waals surface area contributed by atoms with Gasteiger partial charge in [-0.3, -0.25) is 4.79 Å². The second kappa shape index (κ2) is 11.4. The Balaban J connectivity index is 1.67. The maximum atomic E-state index is 13.1. The molecule has 0 spiro atoms. The van der Waals surface area contributed by atoms with E-state index in [0.717, 1.165) is 24.8 Å². The topological polar surface area (TPSA) is 102 Å². The lowest BCUT2D eigenvalue weighted by molar-refractivity contribution is 0.151. The Morgan fingerprint density at radius 2 is 1.81 bits per heavy atom. The number of nitrogens with one attached hydrogen (secondary N) is 1. The van der Waals surface area contributed by atoms with Crippen LogP contribution in [-0.4, -0.2) is 45.0 Å². The van der Waals surface area contributed by atoms with Crippen LogP contribution >= 0.6 is 0 Å². The zero-order chi connectivity index (χ0) is 25.7. The van der Waals surface area contributed by atoms with Crippen LogP contribution in [0.25, 0.3) is 5.52 Å². The van der Waals surface area contributed by atoms with Gasteiger partial charge in [-0.15, -0.1) is 0 Å². The maximum Gasteiger partial charge on any atom is 0.277 e. The summed E-state index contributed by atoms with van der Waals surface area (Å²) in [7, 11) is 3.18. The van der Waals surface area contributed by atoms with Crippen molar-refractivity contribution >= 4 is 5.52 Å². The Morgan fingerprint density at radius 3 is 2.47 bits per heavy atom. The lowest BCUT2D eigenvalue weighted by Crippen LogP contribution is -2.22. The monoisotopic (exact) mass is 490 g/mol. The van der Waals surface area contributed by atoms with Gasteiger partial charge in [-0.2, -0.15) is 5.10 Å². The van der Waals surface area contributed by atoms with Crippen LogP contribution in [0.3, 0.4) is 0 Å². The van der Waals surface area contributed by atoms with E-state index in [1.807, 2.05) is 43.3 Å². The highest BCUT2D eigenvalue weighted by molar-refractivity contribution is 5.51. The lowest BCUT2D eigenvalue weighted by Gasteiger charge is -2.18. The molecule has 0 aliphatic carbocycles. The molecule has 2 aromatic heterocycles. The largest absolute Gasteiger partial charge is 0.493 e. The highest BCUT2D eigenvalue weighted by Gasteiger charge is 2.26. The number of hydrogen-bond donors (Lipinski definition) is 2. The first-order valence-corrected chi connectivity index (χ1v) is 12.4. The second-order valence-electron chi connectivity index (χ2n) is 9.02. The van der Waals surface area contributed by atoms with Crippen molar-refractivity contribution in [3.8, 4) is 11.5 Å². The number of benzene rings is 2. The first-order valence-electron chi connectivity index (χ1n) is 12.4. The van der Waals surface area contributed by atoms with Gasteiger partial charge in [0.2, 0.25) is 0 Å². The molecule has 8 nitrogen and oxygen atoms in total. The molecule has 0 bridgehead atoms. The fourth-order valence-corrected chi connectivity index (χ4v) is 4.65. The molecule has 36 heavy (non-hydrogen) atoms. The molecule has 4 aromatic rings. The molecule has 2 aromatic carbocycles. The van der Waals surface area contributed by atoms with Gasteiger partial charge < -0.3 is 19.6 Å². The molecule has 0 saturated heterocycles. The number of methoxy groups -OCH3 is 2. The van der Waals surface area contributed by atoms with E-state index in [4.69, 9.17) is 19.6 Å². The van der Waals surface area contributed by atoms with Crippen molar-refractivity contribution in [2.45, 2.75) is 58.0 Å². The minimum atomic E-state index is -0.633. The number of H-pyrrole nitrogens is 1. The lowest BCUT2D eigenvalue weighted by atomic mass is 9.94. The number of aromatic nitrogens is 4. The Labute approximate surface area is 210 Å². The molecule has 0 aliphatic rings. The van der Waals surface area contributed by atoms with Gasteiger partial charge in [0.1, 0.15) is 11.6 Å². The number of rotatable bonds is 11. The third-order valence-electron chi connectivity index (χ3n) is 6.54. The van der Waals surface area contributed by atoms with Crippen molar-refractivity contribution in [3.63, 3.8) is 0 Å². The van der Waals surface area contributed by atoms with Crippen molar-refractivity contribution in [2.75, 3.05) is 14.2 Å². The SMILES string of the molecule is CCc1nc(C(CCCc2ccccc2)C(C)O)n2nc(Cc3ccc(OC)c(OC)c3)[nH]c(=O)c12. The van der Waals surface area contributed by atoms with Gasteiger partial charge in [0.05, 0.1) is 26.0 Å². The highest BCUT2D eigenvalue weighted by atomic mass is 16.5. The smallest absolute Gasteiger partial charge is 0.277 e. The van der Waals surface area contributed by atoms with E-state index >= 15 is 0 Å². The van der Waals surface area contributed by atoms with Gasteiger partial charge in [-0.1, -0.05) is 43.3 Å². The van der Waals surface area contributed by atoms with E-state index in [1.54, 1.807) is 25.7 Å². The van der Waals surface area contributed by atoms with Crippen LogP contribution in [0.2, 0.25) is 0 Å². The Kier molecular flexibility index (Phi) is 8.05. The van der Waals surface area contributed by atoms with Crippen LogP contribution in [0.5, 0.6) is 11.5 Å². The van der Waals surface area contributed by atoms with Crippen molar-refractivity contribution in [3.05, 3.63) is 87.4 Å². The quantitative estimate of drug-likeness (QED) is 0.329. The summed E-state index contributed by atoms with van der Waals surface area (Å²) in [6.45, 7) is 3.74. The molecule has 2 heterocycles. The molecule has 4 rings (SSSR count). The number of imidazole rings is 1. The fourth-order valence-electron chi connectivity index (χ4n) is 4.65. The molecule has 2 N–H and O–H groups in total. The molecule has 2 atom stereocenters. The van der Waals surface area contributed by atoms with Crippen LogP contribution in [0.4, 0.5) is 0 Å². The van der Waals surface area contributed by atoms with Crippen LogP contribution < -0.4 is 15.0 Å². The standard InChI is InChI=1S/C28H34N4O4/c1-5-22-26-28(34)30-25(17-20-14-15-23(35-3)24(16-20)36-4)31-32(26)27(29-22)21(18(2)33)13-9-12-19-10-7-6-8-11-19/h6-8,10-11,14-16,18,21,33H,5,9,12-13,17H2,1-4H3,(H,30,31,34). The minimum absolute atomic E-state index is 0.232. The van der Waals surface area contributed by atoms with Crippen molar-refractivity contribution in [1.29, 1.82) is 0 Å². The van der Waals surface area contributed by atoms with Gasteiger partial charge in [0.15, 0.2) is 17.0 Å². The van der Waals surface area contributed by atoms with Crippen molar-refractivity contribution < 1.29 is 14.6 Å². The van der Waals surface area contributed by atoms with E-state index < -0.39 is 6.10 Å². The van der Waals surface area contributed by atoms with Gasteiger partial charge in [-0.05, 0) is 55.9 Å². The van der Waals surface area contributed by atoms with E-state index in [1.165, 1.54) is 5.56 Å². The molecule has 0 amide bonds. The summed E-state index contributed by atoms with van der Waals surface area (Å²) in [6, 6.07) is 15.9. The number of fused-ring (bicyclic) bond motifs is 1. The van der Waals surface area contributed by atoms with Crippen LogP contribution in [0, 0.1) is 0 Å². The average molecular weight is 491 g/mol. The fraction of sp³-hybridized carbons (Fsp3) is 0.393. The molecule has 0 fully saturated rings. The molecular weight excluding hydrogens is 456 g/mol. The first-order chi connectivity index (χ1) is 17.4. The number of ether oxygens (including phenoxy) is 2. The number of aryl methyl sites for hydroxylation is 2. The second-order valence-corrected chi connectivity index (χ2v) is 9.02. The van der Waals surface area contributed by atoms with Gasteiger partial charge in [-0.25, -0.2) is 9.50 Å². The molecular formula is C28H34N4O4. The third-order valence-corrected chi connectivity index (χ3v) is 6.54. The molecule has 0 saturated carbocycles. The van der Waals surface area contributed by atoms with Crippen LogP contribution in [0.15, 0.2) is 53.3 Å². The number of nitrogens with zero attached hydrogens (tertiary/aromatic N) is 3. The first kappa shape index (κ1) is 25.4. The zero-order valence-corrected chi connectivity index (χ0v) is 21.3. The molecule has 8 heteroatoms. The minimum Gasteiger partial charge on any atom is -0.493 e. The van der Waals surface area contributed by atoms with Gasteiger partial charge >= 0.3 is 0 Å². The Bertz CT molecular complexity index is 1360. The molecule has 190 valence electrons. The Hall–Kier alpha value is -3.65. The third kappa shape index (κ3) is 5.44. The van der Waals surface area contributed by atoms with E-state index in [9.17, 15) is 9.90 Å². The van der Waals surface area contributed by atoms with Gasteiger partial charge in [0.25, 0.3) is 5.56 Å². The van der Waals surface area contributed by atoms with Crippen LogP contribution in [0.1, 0.15) is 61.1 Å². The number of aliphatic hydroxyl groups is 1. The van der Waals surface area contributed by atoms with E-state index in [2.05, 4.69) is 17.1 Å². The Morgan fingerprint density at radius 1 is 1.06 bits per heavy atom. The summed E-state index contributed by atoms with van der Waals surface area (Å²) in [5.74, 6) is 2.14. The summed E-state index contributed by atoms with van der Waals surface area (Å²) in [5.41, 5.74) is 3.07. The normalized spacial score (nSPS) is 13.0. The zero-order valence-electron chi connectivity index (χ0n) is 21.3. The summed E-state index contributed by atoms with van der Waals surface area (Å²) >= 11 is 0. The number of aromatic amines is 1. The predicted molar refractivity (Wildman–Crippen MR) is 139 cm³/mol. The van der Waals surface area contributed by atoms with Crippen LogP contribution in [-0.2, 0) is 19.3 Å². The summed E-state index contributed by atoms with van der Waals surface area (Å²) in [5, 5.41) is 15.5. The summed E-state index contributed by atoms with van der Waals surface area (Å²) in [4.78, 5) is 20.9. The van der Waals surface area contributed by atoms with Crippen molar-refractivity contribution in [1.82, 2.24) is 19.6 Å². The maximum absolute atomic E-state index is 13.1. The average Bonchev–Trinajstić information content (AvgIpc) is 3.25. The van der Waals surface area contributed by atoms with Crippen molar-refractivity contribution in [2.24, 2.45) is 0 Å². The van der Waals surface area contributed by atoms with E-state index in [0.29, 0.717) is 47.2 Å².